The number of nitrogens with one attached hydrogen (secondary N) is 1. The molecule has 0 aliphatic rings. The van der Waals surface area contributed by atoms with Crippen LogP contribution >= 0.6 is 0 Å². The number of anilines is 1. The van der Waals surface area contributed by atoms with Crippen LogP contribution < -0.4 is 10.9 Å². The number of carbonyl (C=O) groups is 1. The predicted molar refractivity (Wildman–Crippen MR) is 95.1 cm³/mol. The molecular weight excluding hydrogens is 403 g/mol. The van der Waals surface area contributed by atoms with E-state index in [0.717, 1.165) is 45.2 Å². The molecule has 1 heterocycles. The van der Waals surface area contributed by atoms with Crippen molar-refractivity contribution in [2.75, 3.05) is 11.1 Å². The quantitative estimate of drug-likeness (QED) is 0.423. The first kappa shape index (κ1) is 21.8. The number of sulfone groups is 1. The van der Waals surface area contributed by atoms with E-state index in [1.165, 1.54) is 0 Å². The van der Waals surface area contributed by atoms with E-state index in [2.05, 4.69) is 4.98 Å². The van der Waals surface area contributed by atoms with Gasteiger partial charge in [-0.1, -0.05) is 0 Å². The number of pyridine rings is 1. The highest BCUT2D eigenvalue weighted by Gasteiger charge is 2.38. The Labute approximate surface area is 158 Å². The van der Waals surface area contributed by atoms with Crippen molar-refractivity contribution in [3.05, 3.63) is 47.9 Å². The summed E-state index contributed by atoms with van der Waals surface area (Å²) < 4.78 is 76.4. The van der Waals surface area contributed by atoms with Crippen molar-refractivity contribution in [2.45, 2.75) is 23.6 Å². The largest absolute Gasteiger partial charge is 0.417 e. The van der Waals surface area contributed by atoms with E-state index in [9.17, 15) is 35.9 Å². The van der Waals surface area contributed by atoms with E-state index >= 15 is 0 Å². The molecule has 2 rings (SSSR count). The van der Waals surface area contributed by atoms with Crippen LogP contribution in [-0.2, 0) is 20.8 Å². The molecule has 1 amide bonds. The van der Waals surface area contributed by atoms with E-state index in [-0.39, 0.29) is 16.2 Å². The zero-order chi connectivity index (χ0) is 21.3. The lowest BCUT2D eigenvalue weighted by molar-refractivity contribution is -0.137. The smallest absolute Gasteiger partial charge is 0.379 e. The number of rotatable bonds is 5. The minimum absolute atomic E-state index is 0.309. The highest BCUT2D eigenvalue weighted by Crippen LogP contribution is 2.29. The van der Waals surface area contributed by atoms with Crippen LogP contribution in [0.25, 0.3) is 0 Å². The van der Waals surface area contributed by atoms with Crippen LogP contribution in [0.4, 0.5) is 23.2 Å². The van der Waals surface area contributed by atoms with Gasteiger partial charge in [-0.05, 0) is 37.3 Å². The van der Waals surface area contributed by atoms with Crippen molar-refractivity contribution in [1.82, 2.24) is 4.98 Å². The SMILES string of the molecule is Bc1ncc(NC(=O)[C@@](C)(O)CS(=O)(=O)c2ccc(F)cc2)cc1C(F)(F)F. The number of aromatic nitrogens is 1. The highest BCUT2D eigenvalue weighted by atomic mass is 32.2. The molecule has 150 valence electrons. The number of halogens is 4. The van der Waals surface area contributed by atoms with Gasteiger partial charge in [0.2, 0.25) is 0 Å². The van der Waals surface area contributed by atoms with Crippen molar-refractivity contribution in [1.29, 1.82) is 0 Å². The second-order valence-electron chi connectivity index (χ2n) is 6.30. The molecule has 0 unspecified atom stereocenters. The summed E-state index contributed by atoms with van der Waals surface area (Å²) in [4.78, 5) is 15.5. The molecule has 0 spiro atoms. The number of carbonyl (C=O) groups excluding carboxylic acids is 1. The van der Waals surface area contributed by atoms with Crippen LogP contribution in [0.1, 0.15) is 12.5 Å². The van der Waals surface area contributed by atoms with Crippen LogP contribution in [0.15, 0.2) is 41.4 Å². The molecule has 0 saturated carbocycles. The monoisotopic (exact) mass is 418 g/mol. The number of hydrogen-bond donors (Lipinski definition) is 2. The predicted octanol–water partition coefficient (Wildman–Crippen LogP) is 0.661. The molecule has 0 bridgehead atoms. The zero-order valence-corrected chi connectivity index (χ0v) is 15.5. The molecule has 1 atom stereocenters. The maximum absolute atomic E-state index is 12.9. The third-order valence-electron chi connectivity index (χ3n) is 3.78. The van der Waals surface area contributed by atoms with Crippen LogP contribution in [0, 0.1) is 5.82 Å². The Morgan fingerprint density at radius 2 is 1.82 bits per heavy atom. The Balaban J connectivity index is 2.22. The molecule has 1 aromatic heterocycles. The number of aliphatic hydroxyl groups is 1. The summed E-state index contributed by atoms with van der Waals surface area (Å²) >= 11 is 0. The molecule has 6 nitrogen and oxygen atoms in total. The second kappa shape index (κ2) is 7.51. The standard InChI is InChI=1S/C16H15BF4N2O4S/c1-15(25,8-28(26,27)11-4-2-9(18)3-5-11)14(24)23-10-6-12(16(19,20)21)13(17)22-7-10/h2-7,25H,8,17H2,1H3,(H,23,24)/t15-/m0/s1. The van der Waals surface area contributed by atoms with Gasteiger partial charge >= 0.3 is 6.18 Å². The fraction of sp³-hybridized carbons (Fsp3) is 0.250. The first-order valence-electron chi connectivity index (χ1n) is 7.78. The minimum atomic E-state index is -4.70. The molecular formula is C16H15BF4N2O4S. The van der Waals surface area contributed by atoms with Crippen molar-refractivity contribution < 1.29 is 35.9 Å². The third-order valence-corrected chi connectivity index (χ3v) is 5.72. The van der Waals surface area contributed by atoms with Crippen LogP contribution in [-0.4, -0.2) is 43.6 Å². The van der Waals surface area contributed by atoms with Crippen LogP contribution in [0.5, 0.6) is 0 Å². The molecule has 0 aliphatic heterocycles. The Bertz CT molecular complexity index is 993. The zero-order valence-electron chi connectivity index (χ0n) is 14.7. The summed E-state index contributed by atoms with van der Waals surface area (Å²) in [5, 5.41) is 12.3. The van der Waals surface area contributed by atoms with Gasteiger partial charge in [0, 0.05) is 11.8 Å². The number of amides is 1. The third kappa shape index (κ3) is 5.07. The molecule has 28 heavy (non-hydrogen) atoms. The molecule has 0 aliphatic carbocycles. The highest BCUT2D eigenvalue weighted by molar-refractivity contribution is 7.91. The average Bonchev–Trinajstić information content (AvgIpc) is 2.55. The van der Waals surface area contributed by atoms with Gasteiger partial charge in [0.05, 0.1) is 21.9 Å². The summed E-state index contributed by atoms with van der Waals surface area (Å²) in [5.74, 6) is -2.98. The van der Waals surface area contributed by atoms with Gasteiger partial charge in [-0.15, -0.1) is 0 Å². The van der Waals surface area contributed by atoms with Gasteiger partial charge in [0.15, 0.2) is 23.3 Å². The maximum Gasteiger partial charge on any atom is 0.417 e. The van der Waals surface area contributed by atoms with Crippen molar-refractivity contribution in [3.63, 3.8) is 0 Å². The van der Waals surface area contributed by atoms with Gasteiger partial charge in [0.1, 0.15) is 5.82 Å². The molecule has 1 aromatic carbocycles. The Morgan fingerprint density at radius 1 is 1.25 bits per heavy atom. The molecule has 0 radical (unpaired) electrons. The lowest BCUT2D eigenvalue weighted by Gasteiger charge is -2.22. The lowest BCUT2D eigenvalue weighted by Crippen LogP contribution is -2.46. The summed E-state index contributed by atoms with van der Waals surface area (Å²) in [5.41, 5.74) is -4.22. The van der Waals surface area contributed by atoms with Gasteiger partial charge in [0.25, 0.3) is 5.91 Å². The average molecular weight is 418 g/mol. The van der Waals surface area contributed by atoms with Crippen LogP contribution in [0.2, 0.25) is 0 Å². The van der Waals surface area contributed by atoms with Crippen LogP contribution in [0.3, 0.4) is 0 Å². The number of nitrogens with zero attached hydrogens (tertiary/aromatic N) is 1. The summed E-state index contributed by atoms with van der Waals surface area (Å²) in [7, 11) is -3.04. The maximum atomic E-state index is 12.9. The molecule has 0 saturated heterocycles. The lowest BCUT2D eigenvalue weighted by atomic mass is 9.97. The molecule has 12 heteroatoms. The van der Waals surface area contributed by atoms with Crippen molar-refractivity contribution >= 4 is 34.9 Å². The summed E-state index contributed by atoms with van der Waals surface area (Å²) in [6, 6.07) is 4.37. The molecule has 2 aromatic rings. The number of benzene rings is 1. The summed E-state index contributed by atoms with van der Waals surface area (Å²) in [6.45, 7) is 0.899. The fourth-order valence-electron chi connectivity index (χ4n) is 2.31. The van der Waals surface area contributed by atoms with E-state index < -0.39 is 44.7 Å². The second-order valence-corrected chi connectivity index (χ2v) is 8.29. The minimum Gasteiger partial charge on any atom is -0.379 e. The first-order valence-corrected chi connectivity index (χ1v) is 9.43. The van der Waals surface area contributed by atoms with Gasteiger partial charge in [-0.2, -0.15) is 13.2 Å². The van der Waals surface area contributed by atoms with Crippen molar-refractivity contribution in [3.8, 4) is 0 Å². The van der Waals surface area contributed by atoms with Crippen molar-refractivity contribution in [2.24, 2.45) is 0 Å². The van der Waals surface area contributed by atoms with Gasteiger partial charge < -0.3 is 10.4 Å². The van der Waals surface area contributed by atoms with E-state index in [4.69, 9.17) is 0 Å². The van der Waals surface area contributed by atoms with E-state index in [0.29, 0.717) is 6.07 Å². The summed E-state index contributed by atoms with van der Waals surface area (Å²) in [6.07, 6.45) is -3.75. The Kier molecular flexibility index (Phi) is 5.86. The normalized spacial score (nSPS) is 14.4. The number of alkyl halides is 3. The Morgan fingerprint density at radius 3 is 2.36 bits per heavy atom. The molecule has 2 N–H and O–H groups in total. The van der Waals surface area contributed by atoms with Gasteiger partial charge in [-0.25, -0.2) is 12.8 Å². The van der Waals surface area contributed by atoms with Gasteiger partial charge in [-0.3, -0.25) is 9.78 Å². The number of hydrogen-bond acceptors (Lipinski definition) is 5. The first-order chi connectivity index (χ1) is 12.7. The molecule has 0 fully saturated rings. The topological polar surface area (TPSA) is 96.4 Å². The van der Waals surface area contributed by atoms with E-state index in [1.54, 1.807) is 0 Å². The fourth-order valence-corrected chi connectivity index (χ4v) is 3.90. The Hall–Kier alpha value is -2.47. The van der Waals surface area contributed by atoms with E-state index in [1.807, 2.05) is 5.32 Å².